The number of hydrogen-bond acceptors (Lipinski definition) is 2. The van der Waals surface area contributed by atoms with Crippen molar-refractivity contribution in [1.29, 1.82) is 0 Å². The molecule has 0 radical (unpaired) electrons. The van der Waals surface area contributed by atoms with Crippen LogP contribution in [0.2, 0.25) is 0 Å². The van der Waals surface area contributed by atoms with Crippen LogP contribution in [0.4, 0.5) is 4.39 Å². The highest BCUT2D eigenvalue weighted by Gasteiger charge is 2.17. The van der Waals surface area contributed by atoms with Crippen LogP contribution >= 0.6 is 0 Å². The Labute approximate surface area is 132 Å². The zero-order valence-corrected chi connectivity index (χ0v) is 12.5. The van der Waals surface area contributed by atoms with Gasteiger partial charge in [-0.15, -0.1) is 0 Å². The summed E-state index contributed by atoms with van der Waals surface area (Å²) in [6, 6.07) is 14.0. The van der Waals surface area contributed by atoms with Crippen LogP contribution in [0.25, 0.3) is 11.1 Å². The van der Waals surface area contributed by atoms with Crippen molar-refractivity contribution in [2.24, 2.45) is 0 Å². The van der Waals surface area contributed by atoms with Gasteiger partial charge in [0.15, 0.2) is 5.69 Å². The van der Waals surface area contributed by atoms with E-state index in [2.05, 4.69) is 10.2 Å². The Morgan fingerprint density at radius 1 is 1.17 bits per heavy atom. The summed E-state index contributed by atoms with van der Waals surface area (Å²) in [5.41, 5.74) is 4.05. The normalized spacial score (nSPS) is 10.7. The molecule has 0 spiro atoms. The second-order valence-corrected chi connectivity index (χ2v) is 5.37. The molecule has 0 aliphatic rings. The van der Waals surface area contributed by atoms with E-state index in [0.29, 0.717) is 12.0 Å². The molecular weight excluding hydrogens is 295 g/mol. The van der Waals surface area contributed by atoms with Gasteiger partial charge in [-0.1, -0.05) is 36.4 Å². The fourth-order valence-electron chi connectivity index (χ4n) is 2.58. The minimum absolute atomic E-state index is 0.0404. The summed E-state index contributed by atoms with van der Waals surface area (Å²) in [5, 5.41) is 15.7. The van der Waals surface area contributed by atoms with Crippen LogP contribution in [0, 0.1) is 12.7 Å². The second kappa shape index (κ2) is 6.04. The lowest BCUT2D eigenvalue weighted by Crippen LogP contribution is -2.02. The molecule has 4 nitrogen and oxygen atoms in total. The third-order valence-corrected chi connectivity index (χ3v) is 3.74. The number of benzene rings is 2. The Kier molecular flexibility index (Phi) is 3.93. The van der Waals surface area contributed by atoms with E-state index in [0.717, 1.165) is 22.4 Å². The van der Waals surface area contributed by atoms with Crippen LogP contribution in [0.3, 0.4) is 0 Å². The summed E-state index contributed by atoms with van der Waals surface area (Å²) >= 11 is 0. The summed E-state index contributed by atoms with van der Waals surface area (Å²) < 4.78 is 13.4. The number of nitrogens with one attached hydrogen (secondary N) is 1. The van der Waals surface area contributed by atoms with Gasteiger partial charge in [0, 0.05) is 17.7 Å². The zero-order chi connectivity index (χ0) is 16.4. The first kappa shape index (κ1) is 15.0. The lowest BCUT2D eigenvalue weighted by atomic mass is 9.98. The highest BCUT2D eigenvalue weighted by molar-refractivity contribution is 5.87. The van der Waals surface area contributed by atoms with Gasteiger partial charge in [-0.2, -0.15) is 5.10 Å². The summed E-state index contributed by atoms with van der Waals surface area (Å²) in [7, 11) is 0. The van der Waals surface area contributed by atoms with Crippen molar-refractivity contribution in [1.82, 2.24) is 10.2 Å². The average Bonchev–Trinajstić information content (AvgIpc) is 2.89. The molecule has 3 aromatic rings. The minimum atomic E-state index is -1.05. The van der Waals surface area contributed by atoms with E-state index in [9.17, 15) is 14.3 Å². The fourth-order valence-corrected chi connectivity index (χ4v) is 2.58. The van der Waals surface area contributed by atoms with E-state index in [1.165, 1.54) is 12.1 Å². The molecule has 0 bridgehead atoms. The van der Waals surface area contributed by atoms with E-state index in [1.807, 2.05) is 30.3 Å². The van der Waals surface area contributed by atoms with Crippen molar-refractivity contribution < 1.29 is 14.3 Å². The molecule has 0 fully saturated rings. The Morgan fingerprint density at radius 3 is 2.57 bits per heavy atom. The molecule has 0 amide bonds. The quantitative estimate of drug-likeness (QED) is 0.770. The molecule has 23 heavy (non-hydrogen) atoms. The predicted molar refractivity (Wildman–Crippen MR) is 84.9 cm³/mol. The number of halogens is 1. The molecule has 116 valence electrons. The maximum absolute atomic E-state index is 13.4. The summed E-state index contributed by atoms with van der Waals surface area (Å²) in [6.45, 7) is 1.80. The smallest absolute Gasteiger partial charge is 0.356 e. The number of carboxylic acid groups (broad SMARTS) is 1. The molecule has 0 unspecified atom stereocenters. The van der Waals surface area contributed by atoms with Gasteiger partial charge in [-0.25, -0.2) is 9.18 Å². The van der Waals surface area contributed by atoms with E-state index >= 15 is 0 Å². The van der Waals surface area contributed by atoms with E-state index < -0.39 is 5.97 Å². The van der Waals surface area contributed by atoms with E-state index in [4.69, 9.17) is 0 Å². The average molecular weight is 310 g/mol. The Balaban J connectivity index is 1.95. The molecule has 0 saturated carbocycles. The third kappa shape index (κ3) is 3.13. The van der Waals surface area contributed by atoms with Gasteiger partial charge in [-0.3, -0.25) is 5.10 Å². The molecule has 3 rings (SSSR count). The number of carboxylic acids is 1. The number of aromatic carboxylic acids is 1. The molecule has 2 aromatic carbocycles. The maximum Gasteiger partial charge on any atom is 0.356 e. The van der Waals surface area contributed by atoms with Gasteiger partial charge in [-0.05, 0) is 35.7 Å². The molecule has 1 heterocycles. The number of aromatic nitrogens is 2. The second-order valence-electron chi connectivity index (χ2n) is 5.37. The highest BCUT2D eigenvalue weighted by atomic mass is 19.1. The van der Waals surface area contributed by atoms with Crippen molar-refractivity contribution in [2.45, 2.75) is 13.3 Å². The number of aryl methyl sites for hydroxylation is 1. The van der Waals surface area contributed by atoms with Crippen LogP contribution < -0.4 is 0 Å². The molecule has 0 aliphatic heterocycles. The van der Waals surface area contributed by atoms with E-state index in [-0.39, 0.29) is 11.5 Å². The number of rotatable bonds is 4. The first-order valence-electron chi connectivity index (χ1n) is 7.16. The fraction of sp³-hybridized carbons (Fsp3) is 0.111. The van der Waals surface area contributed by atoms with Gasteiger partial charge in [0.25, 0.3) is 0 Å². The minimum Gasteiger partial charge on any atom is -0.476 e. The predicted octanol–water partition coefficient (Wildman–Crippen LogP) is 3.81. The standard InChI is InChI=1S/C18H15FN2O2/c1-11-16(17(18(22)23)21-20-11)9-12-4-2-5-13(8-12)14-6-3-7-15(19)10-14/h2-8,10H,9H2,1H3,(H,20,21)(H,22,23). The van der Waals surface area contributed by atoms with Gasteiger partial charge >= 0.3 is 5.97 Å². The molecule has 5 heteroatoms. The lowest BCUT2D eigenvalue weighted by Gasteiger charge is -2.06. The number of carbonyl (C=O) groups is 1. The van der Waals surface area contributed by atoms with Crippen LogP contribution in [-0.2, 0) is 6.42 Å². The molecule has 0 saturated heterocycles. The lowest BCUT2D eigenvalue weighted by molar-refractivity contribution is 0.0689. The first-order valence-corrected chi connectivity index (χ1v) is 7.16. The Hall–Kier alpha value is -2.95. The van der Waals surface area contributed by atoms with Crippen molar-refractivity contribution in [3.8, 4) is 11.1 Å². The zero-order valence-electron chi connectivity index (χ0n) is 12.5. The van der Waals surface area contributed by atoms with Crippen molar-refractivity contribution >= 4 is 5.97 Å². The van der Waals surface area contributed by atoms with Crippen LogP contribution in [-0.4, -0.2) is 21.3 Å². The molecular formula is C18H15FN2O2. The maximum atomic E-state index is 13.4. The van der Waals surface area contributed by atoms with E-state index in [1.54, 1.807) is 13.0 Å². The van der Waals surface area contributed by atoms with Crippen molar-refractivity contribution in [3.05, 3.63) is 76.9 Å². The number of aromatic amines is 1. The first-order chi connectivity index (χ1) is 11.0. The van der Waals surface area contributed by atoms with Crippen LogP contribution in [0.1, 0.15) is 27.3 Å². The SMILES string of the molecule is Cc1[nH]nc(C(=O)O)c1Cc1cccc(-c2cccc(F)c2)c1. The van der Waals surface area contributed by atoms with Crippen LogP contribution in [0.5, 0.6) is 0 Å². The largest absolute Gasteiger partial charge is 0.476 e. The van der Waals surface area contributed by atoms with Crippen LogP contribution in [0.15, 0.2) is 48.5 Å². The molecule has 0 atom stereocenters. The summed E-state index contributed by atoms with van der Waals surface area (Å²) in [6.07, 6.45) is 0.452. The van der Waals surface area contributed by atoms with Gasteiger partial charge in [0.05, 0.1) is 0 Å². The molecule has 2 N–H and O–H groups in total. The molecule has 1 aromatic heterocycles. The Bertz CT molecular complexity index is 871. The Morgan fingerprint density at radius 2 is 1.87 bits per heavy atom. The molecule has 0 aliphatic carbocycles. The van der Waals surface area contributed by atoms with Gasteiger partial charge < -0.3 is 5.11 Å². The third-order valence-electron chi connectivity index (χ3n) is 3.74. The van der Waals surface area contributed by atoms with Crippen molar-refractivity contribution in [3.63, 3.8) is 0 Å². The monoisotopic (exact) mass is 310 g/mol. The number of hydrogen-bond donors (Lipinski definition) is 2. The van der Waals surface area contributed by atoms with Crippen molar-refractivity contribution in [2.75, 3.05) is 0 Å². The topological polar surface area (TPSA) is 66.0 Å². The number of nitrogens with zero attached hydrogens (tertiary/aromatic N) is 1. The summed E-state index contributed by atoms with van der Waals surface area (Å²) in [4.78, 5) is 11.2. The number of H-pyrrole nitrogens is 1. The van der Waals surface area contributed by atoms with Gasteiger partial charge in [0.2, 0.25) is 0 Å². The van der Waals surface area contributed by atoms with Gasteiger partial charge in [0.1, 0.15) is 5.82 Å². The summed E-state index contributed by atoms with van der Waals surface area (Å²) in [5.74, 6) is -1.34. The highest BCUT2D eigenvalue weighted by Crippen LogP contribution is 2.23.